The first-order valence-corrected chi connectivity index (χ1v) is 10.8. The molecule has 0 aliphatic carbocycles. The van der Waals surface area contributed by atoms with E-state index in [4.69, 9.17) is 11.5 Å². The van der Waals surface area contributed by atoms with Crippen molar-refractivity contribution in [2.75, 3.05) is 13.1 Å². The lowest BCUT2D eigenvalue weighted by molar-refractivity contribution is -0.128. The number of carbonyl (C=O) groups excluding carboxylic acids is 1. The lowest BCUT2D eigenvalue weighted by Crippen LogP contribution is -2.42. The third-order valence-corrected chi connectivity index (χ3v) is 5.22. The Kier molecular flexibility index (Phi) is 10.7. The molecule has 7 heteroatoms. The average molecular weight is 434 g/mol. The zero-order valence-corrected chi connectivity index (χ0v) is 17.8. The summed E-state index contributed by atoms with van der Waals surface area (Å²) < 4.78 is 26.8. The Hall–Kier alpha value is -2.19. The third kappa shape index (κ3) is 9.23. The van der Waals surface area contributed by atoms with Crippen molar-refractivity contribution in [1.29, 1.82) is 0 Å². The van der Waals surface area contributed by atoms with E-state index in [1.165, 1.54) is 6.07 Å². The van der Waals surface area contributed by atoms with Crippen LogP contribution < -0.4 is 16.8 Å². The summed E-state index contributed by atoms with van der Waals surface area (Å²) in [5.74, 6) is -1.15. The summed E-state index contributed by atoms with van der Waals surface area (Å²) in [6.07, 6.45) is 2.20. The first kappa shape index (κ1) is 25.1. The number of carbonyl (C=O) groups is 1. The summed E-state index contributed by atoms with van der Waals surface area (Å²) in [6, 6.07) is 12.0. The molecular formula is C24H33F2N3O2. The van der Waals surface area contributed by atoms with Gasteiger partial charge in [-0.2, -0.15) is 0 Å². The SMILES string of the molecule is NC(CNCCCCCC(=O)[C@@H](O)[C@H](N)Cc1ccccc1)Cc1cc(F)ccc1F. The van der Waals surface area contributed by atoms with Gasteiger partial charge in [-0.05, 0) is 61.6 Å². The molecule has 170 valence electrons. The monoisotopic (exact) mass is 433 g/mol. The summed E-state index contributed by atoms with van der Waals surface area (Å²) in [5, 5.41) is 13.4. The minimum atomic E-state index is -1.15. The van der Waals surface area contributed by atoms with Crippen LogP contribution in [-0.2, 0) is 17.6 Å². The summed E-state index contributed by atoms with van der Waals surface area (Å²) >= 11 is 0. The second-order valence-corrected chi connectivity index (χ2v) is 7.98. The van der Waals surface area contributed by atoms with Crippen LogP contribution in [0.1, 0.15) is 36.8 Å². The second-order valence-electron chi connectivity index (χ2n) is 7.98. The Balaban J connectivity index is 1.55. The molecule has 0 bridgehead atoms. The molecule has 0 aliphatic heterocycles. The van der Waals surface area contributed by atoms with Gasteiger partial charge in [-0.25, -0.2) is 8.78 Å². The van der Waals surface area contributed by atoms with Crippen molar-refractivity contribution in [3.63, 3.8) is 0 Å². The first-order chi connectivity index (χ1) is 14.9. The molecule has 1 unspecified atom stereocenters. The van der Waals surface area contributed by atoms with Crippen LogP contribution in [0.4, 0.5) is 8.78 Å². The summed E-state index contributed by atoms with van der Waals surface area (Å²) in [7, 11) is 0. The molecule has 0 saturated heterocycles. The zero-order valence-electron chi connectivity index (χ0n) is 17.8. The van der Waals surface area contributed by atoms with Crippen LogP contribution in [0.2, 0.25) is 0 Å². The highest BCUT2D eigenvalue weighted by Crippen LogP contribution is 2.12. The van der Waals surface area contributed by atoms with E-state index in [1.54, 1.807) is 0 Å². The molecule has 0 aliphatic rings. The van der Waals surface area contributed by atoms with Crippen molar-refractivity contribution < 1.29 is 18.7 Å². The molecule has 6 N–H and O–H groups in total. The number of Topliss-reactive ketones (excluding diaryl/α,β-unsaturated/α-hetero) is 1. The number of nitrogens with two attached hydrogens (primary N) is 2. The van der Waals surface area contributed by atoms with Crippen LogP contribution in [0.5, 0.6) is 0 Å². The van der Waals surface area contributed by atoms with Crippen LogP contribution in [0, 0.1) is 11.6 Å². The second kappa shape index (κ2) is 13.3. The molecule has 0 fully saturated rings. The van der Waals surface area contributed by atoms with E-state index < -0.39 is 23.8 Å². The number of hydrogen-bond donors (Lipinski definition) is 4. The fourth-order valence-corrected chi connectivity index (χ4v) is 3.45. The highest BCUT2D eigenvalue weighted by molar-refractivity contribution is 5.83. The minimum Gasteiger partial charge on any atom is -0.384 e. The molecule has 0 saturated carbocycles. The number of halogens is 2. The van der Waals surface area contributed by atoms with Crippen LogP contribution in [-0.4, -0.2) is 42.2 Å². The molecule has 0 aromatic heterocycles. The zero-order chi connectivity index (χ0) is 22.6. The van der Waals surface area contributed by atoms with E-state index in [0.29, 0.717) is 32.4 Å². The number of hydrogen-bond acceptors (Lipinski definition) is 5. The van der Waals surface area contributed by atoms with Gasteiger partial charge in [0.15, 0.2) is 5.78 Å². The van der Waals surface area contributed by atoms with Crippen molar-refractivity contribution in [2.45, 2.75) is 56.7 Å². The van der Waals surface area contributed by atoms with Crippen LogP contribution >= 0.6 is 0 Å². The van der Waals surface area contributed by atoms with Crippen molar-refractivity contribution in [2.24, 2.45) is 11.5 Å². The number of ketones is 1. The normalized spacial score (nSPS) is 14.2. The van der Waals surface area contributed by atoms with Crippen LogP contribution in [0.25, 0.3) is 0 Å². The van der Waals surface area contributed by atoms with E-state index in [2.05, 4.69) is 5.32 Å². The third-order valence-electron chi connectivity index (χ3n) is 5.22. The number of rotatable bonds is 14. The predicted octanol–water partition coefficient (Wildman–Crippen LogP) is 2.48. The number of aliphatic hydroxyl groups is 1. The molecule has 3 atom stereocenters. The molecule has 2 rings (SSSR count). The molecule has 0 radical (unpaired) electrons. The molecular weight excluding hydrogens is 400 g/mol. The maximum absolute atomic E-state index is 13.6. The van der Waals surface area contributed by atoms with Gasteiger partial charge in [0.2, 0.25) is 0 Å². The Morgan fingerprint density at radius 2 is 1.74 bits per heavy atom. The molecule has 0 amide bonds. The first-order valence-electron chi connectivity index (χ1n) is 10.8. The van der Waals surface area contributed by atoms with Gasteiger partial charge in [0.1, 0.15) is 17.7 Å². The Morgan fingerprint density at radius 3 is 2.48 bits per heavy atom. The van der Waals surface area contributed by atoms with Crippen molar-refractivity contribution in [1.82, 2.24) is 5.32 Å². The molecule has 2 aromatic carbocycles. The van der Waals surface area contributed by atoms with Crippen LogP contribution in [0.3, 0.4) is 0 Å². The fraction of sp³-hybridized carbons (Fsp3) is 0.458. The standard InChI is InChI=1S/C24H33F2N3O2/c25-19-10-11-21(26)18(14-19)15-20(27)16-29-12-6-2-5-9-23(30)24(31)22(28)13-17-7-3-1-4-8-17/h1,3-4,7-8,10-11,14,20,22,24,29,31H,2,5-6,9,12-13,15-16,27-28H2/t20?,22-,24+/m1/s1. The Morgan fingerprint density at radius 1 is 1.00 bits per heavy atom. The summed E-state index contributed by atoms with van der Waals surface area (Å²) in [6.45, 7) is 1.20. The lowest BCUT2D eigenvalue weighted by Gasteiger charge is -2.18. The summed E-state index contributed by atoms with van der Waals surface area (Å²) in [5.41, 5.74) is 13.2. The van der Waals surface area contributed by atoms with Gasteiger partial charge in [0.25, 0.3) is 0 Å². The van der Waals surface area contributed by atoms with Crippen molar-refractivity contribution in [3.8, 4) is 0 Å². The number of unbranched alkanes of at least 4 members (excludes halogenated alkanes) is 2. The topological polar surface area (TPSA) is 101 Å². The number of benzene rings is 2. The van der Waals surface area contributed by atoms with E-state index in [1.807, 2.05) is 30.3 Å². The van der Waals surface area contributed by atoms with Gasteiger partial charge in [0, 0.05) is 25.0 Å². The van der Waals surface area contributed by atoms with Gasteiger partial charge in [-0.3, -0.25) is 4.79 Å². The quantitative estimate of drug-likeness (QED) is 0.343. The minimum absolute atomic E-state index is 0.226. The fourth-order valence-electron chi connectivity index (χ4n) is 3.45. The molecule has 31 heavy (non-hydrogen) atoms. The molecule has 5 nitrogen and oxygen atoms in total. The highest BCUT2D eigenvalue weighted by atomic mass is 19.1. The Bertz CT molecular complexity index is 805. The lowest BCUT2D eigenvalue weighted by atomic mass is 9.97. The van der Waals surface area contributed by atoms with E-state index in [0.717, 1.165) is 30.5 Å². The van der Waals surface area contributed by atoms with Crippen molar-refractivity contribution in [3.05, 3.63) is 71.3 Å². The van der Waals surface area contributed by atoms with Crippen molar-refractivity contribution >= 4 is 5.78 Å². The van der Waals surface area contributed by atoms with Crippen LogP contribution in [0.15, 0.2) is 48.5 Å². The smallest absolute Gasteiger partial charge is 0.162 e. The van der Waals surface area contributed by atoms with E-state index >= 15 is 0 Å². The maximum atomic E-state index is 13.6. The van der Waals surface area contributed by atoms with Gasteiger partial charge >= 0.3 is 0 Å². The molecule has 0 heterocycles. The van der Waals surface area contributed by atoms with Gasteiger partial charge in [0.05, 0.1) is 0 Å². The number of aliphatic hydroxyl groups excluding tert-OH is 1. The van der Waals surface area contributed by atoms with E-state index in [9.17, 15) is 18.7 Å². The number of nitrogens with one attached hydrogen (secondary N) is 1. The predicted molar refractivity (Wildman–Crippen MR) is 119 cm³/mol. The maximum Gasteiger partial charge on any atom is 0.162 e. The largest absolute Gasteiger partial charge is 0.384 e. The van der Waals surface area contributed by atoms with E-state index in [-0.39, 0.29) is 23.8 Å². The highest BCUT2D eigenvalue weighted by Gasteiger charge is 2.22. The van der Waals surface area contributed by atoms with Gasteiger partial charge in [-0.15, -0.1) is 0 Å². The molecule has 0 spiro atoms. The summed E-state index contributed by atoms with van der Waals surface area (Å²) in [4.78, 5) is 12.2. The van der Waals surface area contributed by atoms with Gasteiger partial charge in [-0.1, -0.05) is 36.8 Å². The average Bonchev–Trinajstić information content (AvgIpc) is 2.75. The van der Waals surface area contributed by atoms with Gasteiger partial charge < -0.3 is 21.9 Å². The molecule has 2 aromatic rings. The Labute approximate surface area is 182 Å².